The lowest BCUT2D eigenvalue weighted by Gasteiger charge is -2.12. The first-order valence-electron chi connectivity index (χ1n) is 4.42. The van der Waals surface area contributed by atoms with Gasteiger partial charge in [-0.05, 0) is 12.1 Å². The lowest BCUT2D eigenvalue weighted by Crippen LogP contribution is -2.25. The maximum atomic E-state index is 11.4. The number of hydrogen-bond acceptors (Lipinski definition) is 4. The zero-order valence-electron chi connectivity index (χ0n) is 8.58. The number of hydrogen-bond donors (Lipinski definition) is 2. The van der Waals surface area contributed by atoms with Gasteiger partial charge in [0.15, 0.2) is 0 Å². The first kappa shape index (κ1) is 11.8. The van der Waals surface area contributed by atoms with Gasteiger partial charge in [-0.25, -0.2) is 4.79 Å². The molecule has 0 aliphatic carbocycles. The van der Waals surface area contributed by atoms with Gasteiger partial charge in [0.05, 0.1) is 18.9 Å². The molecule has 16 heavy (non-hydrogen) atoms. The van der Waals surface area contributed by atoms with Crippen LogP contribution in [0.1, 0.15) is 5.76 Å². The van der Waals surface area contributed by atoms with E-state index in [1.807, 2.05) is 0 Å². The Labute approximate surface area is 91.4 Å². The monoisotopic (exact) mass is 225 g/mol. The number of aliphatic hydroxyl groups excluding tert-OH is 1. The third-order valence-electron chi connectivity index (χ3n) is 1.83. The van der Waals surface area contributed by atoms with Crippen LogP contribution in [0.2, 0.25) is 0 Å². The molecule has 0 atom stereocenters. The molecule has 1 rings (SSSR count). The van der Waals surface area contributed by atoms with Gasteiger partial charge in [0, 0.05) is 7.05 Å². The highest BCUT2D eigenvalue weighted by atomic mass is 16.4. The molecule has 0 saturated carbocycles. The Morgan fingerprint density at radius 3 is 2.69 bits per heavy atom. The quantitative estimate of drug-likeness (QED) is 0.583. The molecule has 1 aromatic heterocycles. The van der Waals surface area contributed by atoms with Crippen LogP contribution in [0.25, 0.3) is 0 Å². The summed E-state index contributed by atoms with van der Waals surface area (Å²) >= 11 is 0. The summed E-state index contributed by atoms with van der Waals surface area (Å²) in [5, 5.41) is 17.2. The molecule has 0 spiro atoms. The Balaban J connectivity index is 2.61. The van der Waals surface area contributed by atoms with Crippen molar-refractivity contribution in [3.8, 4) is 0 Å². The number of carbonyl (C=O) groups is 2. The van der Waals surface area contributed by atoms with Crippen molar-refractivity contribution in [3.63, 3.8) is 0 Å². The minimum absolute atomic E-state index is 0.204. The molecule has 6 nitrogen and oxygen atoms in total. The second-order valence-electron chi connectivity index (χ2n) is 3.11. The zero-order valence-corrected chi connectivity index (χ0v) is 8.58. The molecule has 0 unspecified atom stereocenters. The molecule has 0 bridgehead atoms. The number of rotatable bonds is 4. The molecule has 86 valence electrons. The number of nitrogens with zero attached hydrogens (tertiary/aromatic N) is 1. The van der Waals surface area contributed by atoms with Crippen LogP contribution in [0.5, 0.6) is 0 Å². The third-order valence-corrected chi connectivity index (χ3v) is 1.83. The molecule has 0 fully saturated rings. The minimum atomic E-state index is -1.54. The largest absolute Gasteiger partial charge is 0.502 e. The molecule has 2 N–H and O–H groups in total. The average Bonchev–Trinajstić information content (AvgIpc) is 2.69. The van der Waals surface area contributed by atoms with Gasteiger partial charge in [0.1, 0.15) is 5.76 Å². The zero-order chi connectivity index (χ0) is 12.1. The van der Waals surface area contributed by atoms with E-state index in [-0.39, 0.29) is 6.54 Å². The van der Waals surface area contributed by atoms with Gasteiger partial charge in [-0.1, -0.05) is 0 Å². The summed E-state index contributed by atoms with van der Waals surface area (Å²) in [4.78, 5) is 22.9. The predicted octanol–water partition coefficient (Wildman–Crippen LogP) is 0.764. The fourth-order valence-electron chi connectivity index (χ4n) is 1.00. The molecule has 6 heteroatoms. The SMILES string of the molecule is CN(Cc1ccco1)C(=O)C=C(O)C(=O)O. The van der Waals surface area contributed by atoms with E-state index in [0.29, 0.717) is 11.8 Å². The molecule has 1 aromatic rings. The van der Waals surface area contributed by atoms with E-state index in [1.54, 1.807) is 12.1 Å². The molecule has 0 radical (unpaired) electrons. The predicted molar refractivity (Wildman–Crippen MR) is 53.5 cm³/mol. The summed E-state index contributed by atoms with van der Waals surface area (Å²) in [5.41, 5.74) is 0. The highest BCUT2D eigenvalue weighted by Crippen LogP contribution is 2.04. The smallest absolute Gasteiger partial charge is 0.371 e. The maximum Gasteiger partial charge on any atom is 0.371 e. The van der Waals surface area contributed by atoms with Crippen LogP contribution < -0.4 is 0 Å². The van der Waals surface area contributed by atoms with Gasteiger partial charge < -0.3 is 19.5 Å². The Morgan fingerprint density at radius 2 is 2.19 bits per heavy atom. The first-order valence-corrected chi connectivity index (χ1v) is 4.42. The van der Waals surface area contributed by atoms with E-state index in [9.17, 15) is 9.59 Å². The van der Waals surface area contributed by atoms with Crippen LogP contribution in [0.3, 0.4) is 0 Å². The standard InChI is InChI=1S/C10H11NO5/c1-11(6-7-3-2-4-16-7)9(13)5-8(12)10(14)15/h2-5,12H,6H2,1H3,(H,14,15). The lowest BCUT2D eigenvalue weighted by atomic mass is 10.3. The summed E-state index contributed by atoms with van der Waals surface area (Å²) in [6.45, 7) is 0.204. The first-order chi connectivity index (χ1) is 7.50. The van der Waals surface area contributed by atoms with E-state index in [4.69, 9.17) is 14.6 Å². The molecular weight excluding hydrogens is 214 g/mol. The van der Waals surface area contributed by atoms with E-state index in [1.165, 1.54) is 18.2 Å². The second-order valence-corrected chi connectivity index (χ2v) is 3.11. The van der Waals surface area contributed by atoms with Crippen LogP contribution in [0.15, 0.2) is 34.6 Å². The molecule has 0 aliphatic heterocycles. The Morgan fingerprint density at radius 1 is 1.50 bits per heavy atom. The van der Waals surface area contributed by atoms with Crippen LogP contribution in [0.4, 0.5) is 0 Å². The maximum absolute atomic E-state index is 11.4. The number of carboxylic acids is 1. The van der Waals surface area contributed by atoms with Gasteiger partial charge in [-0.3, -0.25) is 4.79 Å². The van der Waals surface area contributed by atoms with Crippen LogP contribution in [-0.2, 0) is 16.1 Å². The summed E-state index contributed by atoms with van der Waals surface area (Å²) in [6.07, 6.45) is 2.11. The number of likely N-dealkylation sites (N-methyl/N-ethyl adjacent to an activating group) is 1. The van der Waals surface area contributed by atoms with Crippen molar-refractivity contribution in [3.05, 3.63) is 36.0 Å². The number of carbonyl (C=O) groups excluding carboxylic acids is 1. The number of amides is 1. The van der Waals surface area contributed by atoms with Crippen LogP contribution in [-0.4, -0.2) is 34.0 Å². The van der Waals surface area contributed by atoms with Crippen molar-refractivity contribution < 1.29 is 24.2 Å². The Bertz CT molecular complexity index is 407. The normalized spacial score (nSPS) is 11.2. The Kier molecular flexibility index (Phi) is 3.71. The summed E-state index contributed by atoms with van der Waals surface area (Å²) in [7, 11) is 1.47. The molecule has 0 aromatic carbocycles. The van der Waals surface area contributed by atoms with Gasteiger partial charge >= 0.3 is 5.97 Å². The van der Waals surface area contributed by atoms with E-state index in [0.717, 1.165) is 0 Å². The van der Waals surface area contributed by atoms with Crippen LogP contribution >= 0.6 is 0 Å². The van der Waals surface area contributed by atoms with Gasteiger partial charge in [-0.2, -0.15) is 0 Å². The van der Waals surface area contributed by atoms with Gasteiger partial charge in [-0.15, -0.1) is 0 Å². The number of furan rings is 1. The van der Waals surface area contributed by atoms with Crippen molar-refractivity contribution in [2.45, 2.75) is 6.54 Å². The van der Waals surface area contributed by atoms with Crippen molar-refractivity contribution in [2.24, 2.45) is 0 Å². The van der Waals surface area contributed by atoms with Crippen LogP contribution in [0, 0.1) is 0 Å². The topological polar surface area (TPSA) is 91.0 Å². The summed E-state index contributed by atoms with van der Waals surface area (Å²) < 4.78 is 5.01. The fraction of sp³-hybridized carbons (Fsp3) is 0.200. The van der Waals surface area contributed by atoms with E-state index >= 15 is 0 Å². The van der Waals surface area contributed by atoms with E-state index < -0.39 is 17.6 Å². The number of carboxylic acid groups (broad SMARTS) is 1. The van der Waals surface area contributed by atoms with Crippen molar-refractivity contribution >= 4 is 11.9 Å². The van der Waals surface area contributed by atoms with E-state index in [2.05, 4.69) is 0 Å². The molecule has 0 saturated heterocycles. The number of aliphatic hydroxyl groups is 1. The molecular formula is C10H11NO5. The molecule has 0 aliphatic rings. The van der Waals surface area contributed by atoms with Gasteiger partial charge in [0.2, 0.25) is 5.76 Å². The minimum Gasteiger partial charge on any atom is -0.502 e. The summed E-state index contributed by atoms with van der Waals surface area (Å²) in [6, 6.07) is 3.36. The summed E-state index contributed by atoms with van der Waals surface area (Å²) in [5.74, 6) is -2.58. The lowest BCUT2D eigenvalue weighted by molar-refractivity contribution is -0.136. The van der Waals surface area contributed by atoms with Crippen molar-refractivity contribution in [1.82, 2.24) is 4.90 Å². The number of aliphatic carboxylic acids is 1. The van der Waals surface area contributed by atoms with Crippen molar-refractivity contribution in [2.75, 3.05) is 7.05 Å². The third kappa shape index (κ3) is 3.16. The average molecular weight is 225 g/mol. The molecule has 1 heterocycles. The highest BCUT2D eigenvalue weighted by Gasteiger charge is 2.12. The highest BCUT2D eigenvalue weighted by molar-refractivity contribution is 5.95. The second kappa shape index (κ2) is 5.01. The molecule has 1 amide bonds. The fourth-order valence-corrected chi connectivity index (χ4v) is 1.00. The van der Waals surface area contributed by atoms with Gasteiger partial charge in [0.25, 0.3) is 5.91 Å². The Hall–Kier alpha value is -2.24. The van der Waals surface area contributed by atoms with Crippen molar-refractivity contribution in [1.29, 1.82) is 0 Å².